The Morgan fingerprint density at radius 1 is 1.42 bits per heavy atom. The average Bonchev–Trinajstić information content (AvgIpc) is 2.25. The topological polar surface area (TPSA) is 61.5 Å². The Hall–Kier alpha value is -1.28. The van der Waals surface area contributed by atoms with Crippen LogP contribution in [0.15, 0.2) is 22.7 Å². The number of alkyl halides is 3. The number of methoxy groups -OCH3 is 1. The van der Waals surface area contributed by atoms with Gasteiger partial charge in [-0.05, 0) is 23.8 Å². The third kappa shape index (κ3) is 5.48. The van der Waals surface area contributed by atoms with Gasteiger partial charge in [-0.15, -0.1) is 13.2 Å². The van der Waals surface area contributed by atoms with Gasteiger partial charge in [0.2, 0.25) is 0 Å². The molecule has 8 heteroatoms. The molecule has 1 aromatic carbocycles. The Morgan fingerprint density at radius 2 is 2.05 bits per heavy atom. The third-order valence-corrected chi connectivity index (χ3v) is 2.63. The summed E-state index contributed by atoms with van der Waals surface area (Å²) >= 11 is 3.05. The number of rotatable bonds is 4. The zero-order chi connectivity index (χ0) is 14.6. The van der Waals surface area contributed by atoms with Gasteiger partial charge in [-0.3, -0.25) is 4.79 Å². The molecule has 0 fully saturated rings. The minimum Gasteiger partial charge on any atom is -0.469 e. The van der Waals surface area contributed by atoms with E-state index in [1.807, 2.05) is 0 Å². The number of ether oxygens (including phenoxy) is 2. The summed E-state index contributed by atoms with van der Waals surface area (Å²) in [6.45, 7) is 0. The number of carbonyl (C=O) groups is 1. The highest BCUT2D eigenvalue weighted by Gasteiger charge is 2.31. The van der Waals surface area contributed by atoms with E-state index in [9.17, 15) is 18.0 Å². The summed E-state index contributed by atoms with van der Waals surface area (Å²) in [5, 5.41) is 0. The zero-order valence-corrected chi connectivity index (χ0v) is 11.4. The summed E-state index contributed by atoms with van der Waals surface area (Å²) < 4.78 is 45.0. The minimum absolute atomic E-state index is 0.140. The van der Waals surface area contributed by atoms with Crippen LogP contribution < -0.4 is 10.5 Å². The van der Waals surface area contributed by atoms with Crippen LogP contribution in [-0.2, 0) is 9.53 Å². The van der Waals surface area contributed by atoms with Crippen molar-refractivity contribution >= 4 is 21.9 Å². The predicted octanol–water partition coefficient (Wildman–Crippen LogP) is 2.91. The minimum atomic E-state index is -4.79. The van der Waals surface area contributed by atoms with Gasteiger partial charge in [0, 0.05) is 10.5 Å². The molecule has 1 aromatic rings. The highest BCUT2D eigenvalue weighted by atomic mass is 79.9. The molecule has 4 nitrogen and oxygen atoms in total. The van der Waals surface area contributed by atoms with Crippen molar-refractivity contribution in [3.05, 3.63) is 28.2 Å². The summed E-state index contributed by atoms with van der Waals surface area (Å²) in [6.07, 6.45) is -4.93. The first-order chi connectivity index (χ1) is 8.71. The number of hydrogen-bond acceptors (Lipinski definition) is 4. The molecule has 1 rings (SSSR count). The molecule has 0 unspecified atom stereocenters. The second kappa shape index (κ2) is 6.25. The van der Waals surface area contributed by atoms with Crippen LogP contribution in [0, 0.1) is 0 Å². The molecule has 0 radical (unpaired) electrons. The van der Waals surface area contributed by atoms with Crippen LogP contribution in [0.4, 0.5) is 13.2 Å². The predicted molar refractivity (Wildman–Crippen MR) is 64.4 cm³/mol. The Bertz CT molecular complexity index is 465. The fourth-order valence-corrected chi connectivity index (χ4v) is 1.86. The molecule has 2 N–H and O–H groups in total. The van der Waals surface area contributed by atoms with Crippen LogP contribution in [0.25, 0.3) is 0 Å². The first kappa shape index (κ1) is 15.8. The van der Waals surface area contributed by atoms with Crippen molar-refractivity contribution in [3.8, 4) is 5.75 Å². The maximum absolute atomic E-state index is 12.1. The molecule has 0 aromatic heterocycles. The molecular formula is C11H11BrF3NO3. The number of esters is 1. The first-order valence-corrected chi connectivity index (χ1v) is 5.89. The normalized spacial score (nSPS) is 12.9. The first-order valence-electron chi connectivity index (χ1n) is 5.10. The van der Waals surface area contributed by atoms with Crippen molar-refractivity contribution in [3.63, 3.8) is 0 Å². The van der Waals surface area contributed by atoms with Gasteiger partial charge in [-0.2, -0.15) is 0 Å². The van der Waals surface area contributed by atoms with Crippen molar-refractivity contribution in [2.24, 2.45) is 5.73 Å². The van der Waals surface area contributed by atoms with Crippen molar-refractivity contribution in [1.82, 2.24) is 0 Å². The SMILES string of the molecule is COC(=O)C[C@H](N)c1cc(Br)cc(OC(F)(F)F)c1. The molecule has 106 valence electrons. The van der Waals surface area contributed by atoms with Crippen LogP contribution >= 0.6 is 15.9 Å². The van der Waals surface area contributed by atoms with E-state index in [0.717, 1.165) is 12.1 Å². The quantitative estimate of drug-likeness (QED) is 0.855. The molecule has 0 aliphatic rings. The van der Waals surface area contributed by atoms with E-state index in [4.69, 9.17) is 5.73 Å². The Labute approximate surface area is 115 Å². The molecule has 0 aliphatic carbocycles. The Balaban J connectivity index is 2.93. The highest BCUT2D eigenvalue weighted by molar-refractivity contribution is 9.10. The van der Waals surface area contributed by atoms with E-state index in [2.05, 4.69) is 25.4 Å². The fourth-order valence-electron chi connectivity index (χ4n) is 1.37. The second-order valence-electron chi connectivity index (χ2n) is 3.65. The monoisotopic (exact) mass is 341 g/mol. The summed E-state index contributed by atoms with van der Waals surface area (Å²) in [6, 6.07) is 3.02. The molecule has 0 amide bonds. The van der Waals surface area contributed by atoms with Crippen molar-refractivity contribution in [2.75, 3.05) is 7.11 Å². The number of benzene rings is 1. The van der Waals surface area contributed by atoms with Gasteiger partial charge in [-0.1, -0.05) is 15.9 Å². The smallest absolute Gasteiger partial charge is 0.469 e. The highest BCUT2D eigenvalue weighted by Crippen LogP contribution is 2.29. The van der Waals surface area contributed by atoms with Crippen molar-refractivity contribution in [1.29, 1.82) is 0 Å². The fraction of sp³-hybridized carbons (Fsp3) is 0.364. The maximum atomic E-state index is 12.1. The van der Waals surface area contributed by atoms with Crippen LogP contribution in [-0.4, -0.2) is 19.4 Å². The molecule has 0 bridgehead atoms. The number of hydrogen-bond donors (Lipinski definition) is 1. The summed E-state index contributed by atoms with van der Waals surface area (Å²) in [4.78, 5) is 11.1. The maximum Gasteiger partial charge on any atom is 0.573 e. The lowest BCUT2D eigenvalue weighted by Crippen LogP contribution is -2.19. The Kier molecular flexibility index (Phi) is 5.19. The van der Waals surface area contributed by atoms with Crippen LogP contribution in [0.1, 0.15) is 18.0 Å². The van der Waals surface area contributed by atoms with Gasteiger partial charge in [0.1, 0.15) is 5.75 Å². The third-order valence-electron chi connectivity index (χ3n) is 2.17. The number of halogens is 4. The molecule has 0 saturated heterocycles. The molecule has 0 heterocycles. The van der Waals surface area contributed by atoms with Gasteiger partial charge < -0.3 is 15.2 Å². The lowest BCUT2D eigenvalue weighted by Gasteiger charge is -2.14. The molecule has 1 atom stereocenters. The lowest BCUT2D eigenvalue weighted by atomic mass is 10.0. The summed E-state index contributed by atoms with van der Waals surface area (Å²) in [5.41, 5.74) is 6.05. The van der Waals surface area contributed by atoms with E-state index in [1.165, 1.54) is 13.2 Å². The van der Waals surface area contributed by atoms with Crippen LogP contribution in [0.2, 0.25) is 0 Å². The van der Waals surface area contributed by atoms with E-state index in [1.54, 1.807) is 0 Å². The van der Waals surface area contributed by atoms with Gasteiger partial charge in [0.15, 0.2) is 0 Å². The molecule has 19 heavy (non-hydrogen) atoms. The van der Waals surface area contributed by atoms with Gasteiger partial charge in [0.25, 0.3) is 0 Å². The largest absolute Gasteiger partial charge is 0.573 e. The average molecular weight is 342 g/mol. The summed E-state index contributed by atoms with van der Waals surface area (Å²) in [5.74, 6) is -0.956. The Morgan fingerprint density at radius 3 is 2.58 bits per heavy atom. The second-order valence-corrected chi connectivity index (χ2v) is 4.57. The van der Waals surface area contributed by atoms with Gasteiger partial charge in [0.05, 0.1) is 13.5 Å². The molecule has 0 saturated carbocycles. The lowest BCUT2D eigenvalue weighted by molar-refractivity contribution is -0.274. The van der Waals surface area contributed by atoms with Gasteiger partial charge >= 0.3 is 12.3 Å². The van der Waals surface area contributed by atoms with E-state index < -0.39 is 24.1 Å². The van der Waals surface area contributed by atoms with E-state index in [0.29, 0.717) is 10.0 Å². The van der Waals surface area contributed by atoms with Crippen LogP contribution in [0.5, 0.6) is 5.75 Å². The number of nitrogens with two attached hydrogens (primary N) is 1. The van der Waals surface area contributed by atoms with Crippen LogP contribution in [0.3, 0.4) is 0 Å². The van der Waals surface area contributed by atoms with E-state index >= 15 is 0 Å². The standard InChI is InChI=1S/C11H11BrF3NO3/c1-18-10(17)5-9(16)6-2-7(12)4-8(3-6)19-11(13,14)15/h2-4,9H,5,16H2,1H3/t9-/m0/s1. The molecule has 0 aliphatic heterocycles. The van der Waals surface area contributed by atoms with Crippen molar-refractivity contribution < 1.29 is 27.4 Å². The zero-order valence-electron chi connectivity index (χ0n) is 9.83. The molecule has 0 spiro atoms. The van der Waals surface area contributed by atoms with Crippen molar-refractivity contribution in [2.45, 2.75) is 18.8 Å². The van der Waals surface area contributed by atoms with Gasteiger partial charge in [-0.25, -0.2) is 0 Å². The molecular weight excluding hydrogens is 331 g/mol. The van der Waals surface area contributed by atoms with E-state index in [-0.39, 0.29) is 6.42 Å². The summed E-state index contributed by atoms with van der Waals surface area (Å²) in [7, 11) is 1.20. The number of carbonyl (C=O) groups excluding carboxylic acids is 1.